The van der Waals surface area contributed by atoms with E-state index in [-0.39, 0.29) is 13.2 Å². The summed E-state index contributed by atoms with van der Waals surface area (Å²) in [5, 5.41) is 7.50. The van der Waals surface area contributed by atoms with Crippen molar-refractivity contribution in [2.24, 2.45) is 0 Å². The predicted octanol–water partition coefficient (Wildman–Crippen LogP) is 4.96. The Balaban J connectivity index is 1.49. The molecule has 7 heteroatoms. The lowest BCUT2D eigenvalue weighted by molar-refractivity contribution is -0.147. The van der Waals surface area contributed by atoms with Crippen LogP contribution < -0.4 is 4.74 Å². The van der Waals surface area contributed by atoms with Crippen LogP contribution in [0.5, 0.6) is 5.75 Å². The molecule has 0 fully saturated rings. The van der Waals surface area contributed by atoms with Crippen molar-refractivity contribution in [2.75, 3.05) is 6.61 Å². The molecule has 0 spiro atoms. The Hall–Kier alpha value is -1.89. The van der Waals surface area contributed by atoms with Crippen LogP contribution in [0.15, 0.2) is 40.4 Å². The van der Waals surface area contributed by atoms with Crippen molar-refractivity contribution in [3.05, 3.63) is 56.7 Å². The number of thiazole rings is 1. The van der Waals surface area contributed by atoms with Crippen molar-refractivity contribution in [3.63, 3.8) is 0 Å². The monoisotopic (exact) mass is 379 g/mol. The Morgan fingerprint density at radius 1 is 1.29 bits per heavy atom. The molecule has 0 saturated carbocycles. The standard InChI is InChI=1S/C17H14ClNO3S2/c1-11-6-13(18)2-3-15(11)21-8-16(20)22-7-14-10-24-17(19-14)12-4-5-23-9-12/h2-6,9-10H,7-8H2,1H3. The number of carbonyl (C=O) groups is 1. The molecule has 0 aliphatic carbocycles. The van der Waals surface area contributed by atoms with Gasteiger partial charge in [0.2, 0.25) is 0 Å². The number of halogens is 1. The summed E-state index contributed by atoms with van der Waals surface area (Å²) < 4.78 is 10.7. The van der Waals surface area contributed by atoms with Gasteiger partial charge >= 0.3 is 5.97 Å². The summed E-state index contributed by atoms with van der Waals surface area (Å²) >= 11 is 9.04. The minimum atomic E-state index is -0.436. The van der Waals surface area contributed by atoms with Gasteiger partial charge in [0.1, 0.15) is 17.4 Å². The fourth-order valence-electron chi connectivity index (χ4n) is 2.00. The van der Waals surface area contributed by atoms with Gasteiger partial charge in [-0.15, -0.1) is 11.3 Å². The van der Waals surface area contributed by atoms with E-state index < -0.39 is 5.97 Å². The smallest absolute Gasteiger partial charge is 0.344 e. The Bertz CT molecular complexity index is 830. The molecule has 3 rings (SSSR count). The van der Waals surface area contributed by atoms with E-state index >= 15 is 0 Å². The summed E-state index contributed by atoms with van der Waals surface area (Å²) in [4.78, 5) is 16.3. The molecular weight excluding hydrogens is 366 g/mol. The normalized spacial score (nSPS) is 10.6. The minimum Gasteiger partial charge on any atom is -0.482 e. The van der Waals surface area contributed by atoms with E-state index in [0.29, 0.717) is 10.8 Å². The number of rotatable bonds is 6. The highest BCUT2D eigenvalue weighted by atomic mass is 35.5. The third-order valence-corrected chi connectivity index (χ3v) is 5.04. The van der Waals surface area contributed by atoms with Gasteiger partial charge in [0.25, 0.3) is 0 Å². The number of hydrogen-bond acceptors (Lipinski definition) is 6. The lowest BCUT2D eigenvalue weighted by Crippen LogP contribution is -2.15. The molecular formula is C17H14ClNO3S2. The lowest BCUT2D eigenvalue weighted by atomic mass is 10.2. The molecule has 0 unspecified atom stereocenters. The van der Waals surface area contributed by atoms with Crippen molar-refractivity contribution < 1.29 is 14.3 Å². The van der Waals surface area contributed by atoms with Crippen LogP contribution in [0.25, 0.3) is 10.6 Å². The van der Waals surface area contributed by atoms with Crippen molar-refractivity contribution in [3.8, 4) is 16.3 Å². The fraction of sp³-hybridized carbons (Fsp3) is 0.176. The maximum absolute atomic E-state index is 11.8. The van der Waals surface area contributed by atoms with Gasteiger partial charge in [0, 0.05) is 21.3 Å². The molecule has 0 aliphatic heterocycles. The molecule has 0 aliphatic rings. The topological polar surface area (TPSA) is 48.4 Å². The first-order valence-electron chi connectivity index (χ1n) is 7.13. The molecule has 1 aromatic carbocycles. The van der Waals surface area contributed by atoms with E-state index in [0.717, 1.165) is 21.8 Å². The molecule has 24 heavy (non-hydrogen) atoms. The summed E-state index contributed by atoms with van der Waals surface area (Å²) in [6.45, 7) is 1.86. The molecule has 4 nitrogen and oxygen atoms in total. The van der Waals surface area contributed by atoms with E-state index in [9.17, 15) is 4.79 Å². The number of carbonyl (C=O) groups excluding carboxylic acids is 1. The van der Waals surface area contributed by atoms with Crippen LogP contribution in [-0.4, -0.2) is 17.6 Å². The second-order valence-corrected chi connectivity index (χ2v) is 7.09. The largest absolute Gasteiger partial charge is 0.482 e. The van der Waals surface area contributed by atoms with Gasteiger partial charge in [-0.05, 0) is 42.1 Å². The van der Waals surface area contributed by atoms with Gasteiger partial charge < -0.3 is 9.47 Å². The fourth-order valence-corrected chi connectivity index (χ4v) is 3.74. The molecule has 2 heterocycles. The molecule has 0 amide bonds. The van der Waals surface area contributed by atoms with Crippen LogP contribution in [0.1, 0.15) is 11.3 Å². The Kier molecular flexibility index (Phi) is 5.50. The van der Waals surface area contributed by atoms with Crippen LogP contribution in [0, 0.1) is 6.92 Å². The van der Waals surface area contributed by atoms with Crippen LogP contribution in [-0.2, 0) is 16.1 Å². The Morgan fingerprint density at radius 2 is 2.17 bits per heavy atom. The summed E-state index contributed by atoms with van der Waals surface area (Å²) in [5.41, 5.74) is 2.69. The molecule has 3 aromatic rings. The van der Waals surface area contributed by atoms with Crippen molar-refractivity contribution in [2.45, 2.75) is 13.5 Å². The van der Waals surface area contributed by atoms with E-state index in [1.54, 1.807) is 29.5 Å². The number of esters is 1. The quantitative estimate of drug-likeness (QED) is 0.568. The minimum absolute atomic E-state index is 0.141. The second kappa shape index (κ2) is 7.79. The highest BCUT2D eigenvalue weighted by Crippen LogP contribution is 2.26. The number of benzene rings is 1. The molecule has 0 saturated heterocycles. The molecule has 0 atom stereocenters. The van der Waals surface area contributed by atoms with Crippen molar-refractivity contribution in [1.82, 2.24) is 4.98 Å². The van der Waals surface area contributed by atoms with Crippen LogP contribution >= 0.6 is 34.3 Å². The first-order valence-corrected chi connectivity index (χ1v) is 9.33. The zero-order valence-corrected chi connectivity index (χ0v) is 15.2. The van der Waals surface area contributed by atoms with Gasteiger partial charge in [0.15, 0.2) is 6.61 Å². The van der Waals surface area contributed by atoms with Gasteiger partial charge in [0.05, 0.1) is 5.69 Å². The number of thiophene rings is 1. The number of aromatic nitrogens is 1. The highest BCUT2D eigenvalue weighted by Gasteiger charge is 2.10. The first kappa shape index (κ1) is 17.0. The van der Waals surface area contributed by atoms with E-state index in [2.05, 4.69) is 4.98 Å². The third-order valence-electron chi connectivity index (χ3n) is 3.18. The van der Waals surface area contributed by atoms with Crippen molar-refractivity contribution in [1.29, 1.82) is 0 Å². The van der Waals surface area contributed by atoms with Gasteiger partial charge in [-0.25, -0.2) is 9.78 Å². The predicted molar refractivity (Wildman–Crippen MR) is 96.9 cm³/mol. The van der Waals surface area contributed by atoms with Gasteiger partial charge in [-0.3, -0.25) is 0 Å². The summed E-state index contributed by atoms with van der Waals surface area (Å²) in [7, 11) is 0. The first-order chi connectivity index (χ1) is 11.6. The average Bonchev–Trinajstić information content (AvgIpc) is 3.23. The number of aryl methyl sites for hydroxylation is 1. The third kappa shape index (κ3) is 4.35. The molecule has 2 aromatic heterocycles. The SMILES string of the molecule is Cc1cc(Cl)ccc1OCC(=O)OCc1csc(-c2ccsc2)n1. The summed E-state index contributed by atoms with van der Waals surface area (Å²) in [6.07, 6.45) is 0. The number of hydrogen-bond donors (Lipinski definition) is 0. The van der Waals surface area contributed by atoms with Crippen LogP contribution in [0.3, 0.4) is 0 Å². The van der Waals surface area contributed by atoms with Crippen LogP contribution in [0.2, 0.25) is 5.02 Å². The zero-order valence-electron chi connectivity index (χ0n) is 12.8. The van der Waals surface area contributed by atoms with Crippen LogP contribution in [0.4, 0.5) is 0 Å². The Labute approximate surface area is 152 Å². The summed E-state index contributed by atoms with van der Waals surface area (Å²) in [5.74, 6) is 0.180. The molecule has 0 radical (unpaired) electrons. The number of nitrogens with zero attached hydrogens (tertiary/aromatic N) is 1. The van der Waals surface area contributed by atoms with Crippen molar-refractivity contribution >= 4 is 40.2 Å². The average molecular weight is 380 g/mol. The Morgan fingerprint density at radius 3 is 2.92 bits per heavy atom. The molecule has 0 N–H and O–H groups in total. The van der Waals surface area contributed by atoms with E-state index in [4.69, 9.17) is 21.1 Å². The lowest BCUT2D eigenvalue weighted by Gasteiger charge is -2.08. The van der Waals surface area contributed by atoms with E-state index in [1.165, 1.54) is 11.3 Å². The zero-order chi connectivity index (χ0) is 16.9. The maximum atomic E-state index is 11.8. The second-order valence-electron chi connectivity index (χ2n) is 5.02. The highest BCUT2D eigenvalue weighted by molar-refractivity contribution is 7.14. The van der Waals surface area contributed by atoms with Gasteiger partial charge in [-0.1, -0.05) is 11.6 Å². The van der Waals surface area contributed by atoms with E-state index in [1.807, 2.05) is 29.1 Å². The van der Waals surface area contributed by atoms with Gasteiger partial charge in [-0.2, -0.15) is 11.3 Å². The number of ether oxygens (including phenoxy) is 2. The molecule has 124 valence electrons. The summed E-state index contributed by atoms with van der Waals surface area (Å²) in [6, 6.07) is 7.25. The maximum Gasteiger partial charge on any atom is 0.344 e. The molecule has 0 bridgehead atoms.